The fourth-order valence-electron chi connectivity index (χ4n) is 3.46. The molecule has 21 heavy (non-hydrogen) atoms. The molecule has 1 aromatic rings. The first-order chi connectivity index (χ1) is 10.1. The third-order valence-corrected chi connectivity index (χ3v) is 4.43. The van der Waals surface area contributed by atoms with Crippen LogP contribution in [0.15, 0.2) is 24.3 Å². The Morgan fingerprint density at radius 2 is 2.24 bits per heavy atom. The number of carbonyl (C=O) groups excluding carboxylic acids is 1. The van der Waals surface area contributed by atoms with Gasteiger partial charge >= 0.3 is 6.03 Å². The predicted molar refractivity (Wildman–Crippen MR) is 83.6 cm³/mol. The van der Waals surface area contributed by atoms with Crippen molar-refractivity contribution in [2.75, 3.05) is 23.3 Å². The minimum absolute atomic E-state index is 0.252. The molecule has 1 aromatic carbocycles. The average molecular weight is 289 g/mol. The van der Waals surface area contributed by atoms with Crippen molar-refractivity contribution >= 4 is 17.4 Å². The van der Waals surface area contributed by atoms with Gasteiger partial charge in [-0.25, -0.2) is 4.79 Å². The molecule has 5 heteroatoms. The lowest BCUT2D eigenvalue weighted by Gasteiger charge is -2.31. The van der Waals surface area contributed by atoms with Crippen molar-refractivity contribution in [2.24, 2.45) is 5.92 Å². The summed E-state index contributed by atoms with van der Waals surface area (Å²) in [4.78, 5) is 14.3. The predicted octanol–water partition coefficient (Wildman–Crippen LogP) is 2.18. The fraction of sp³-hybridized carbons (Fsp3) is 0.562. The zero-order valence-corrected chi connectivity index (χ0v) is 12.4. The summed E-state index contributed by atoms with van der Waals surface area (Å²) in [6.45, 7) is 3.00. The van der Waals surface area contributed by atoms with E-state index >= 15 is 0 Å². The van der Waals surface area contributed by atoms with Gasteiger partial charge in [-0.1, -0.05) is 12.1 Å². The molecule has 3 rings (SSSR count). The van der Waals surface area contributed by atoms with E-state index in [9.17, 15) is 9.90 Å². The molecule has 0 spiro atoms. The number of fused-ring (bicyclic) bond motifs is 2. The second kappa shape index (κ2) is 5.93. The molecule has 2 bridgehead atoms. The first-order valence-electron chi connectivity index (χ1n) is 7.72. The van der Waals surface area contributed by atoms with Gasteiger partial charge in [0.2, 0.25) is 0 Å². The number of carbonyl (C=O) groups is 1. The number of hydrogen-bond acceptors (Lipinski definition) is 3. The van der Waals surface area contributed by atoms with Crippen LogP contribution in [0.4, 0.5) is 16.2 Å². The first kappa shape index (κ1) is 14.2. The number of hydrogen-bond donors (Lipinski definition) is 3. The van der Waals surface area contributed by atoms with E-state index in [2.05, 4.69) is 21.6 Å². The monoisotopic (exact) mass is 289 g/mol. The highest BCUT2D eigenvalue weighted by molar-refractivity contribution is 5.93. The van der Waals surface area contributed by atoms with Gasteiger partial charge in [0.15, 0.2) is 0 Å². The minimum Gasteiger partial charge on any atom is -0.392 e. The Kier molecular flexibility index (Phi) is 4.01. The Morgan fingerprint density at radius 3 is 2.90 bits per heavy atom. The highest BCUT2D eigenvalue weighted by atomic mass is 16.3. The van der Waals surface area contributed by atoms with Crippen LogP contribution in [-0.4, -0.2) is 36.4 Å². The number of amides is 2. The summed E-state index contributed by atoms with van der Waals surface area (Å²) in [7, 11) is 0. The quantitative estimate of drug-likeness (QED) is 0.796. The number of aliphatic hydroxyl groups excluding tert-OH is 1. The van der Waals surface area contributed by atoms with Gasteiger partial charge < -0.3 is 20.6 Å². The maximum absolute atomic E-state index is 11.9. The Bertz CT molecular complexity index is 518. The zero-order chi connectivity index (χ0) is 14.8. The van der Waals surface area contributed by atoms with Gasteiger partial charge in [-0.2, -0.15) is 0 Å². The summed E-state index contributed by atoms with van der Waals surface area (Å²) in [5.41, 5.74) is 1.95. The van der Waals surface area contributed by atoms with Gasteiger partial charge in [0.25, 0.3) is 0 Å². The number of nitrogens with zero attached hydrogens (tertiary/aromatic N) is 1. The van der Waals surface area contributed by atoms with E-state index in [0.717, 1.165) is 23.8 Å². The van der Waals surface area contributed by atoms with Crippen molar-refractivity contribution in [2.45, 2.75) is 38.3 Å². The molecule has 1 saturated carbocycles. The lowest BCUT2D eigenvalue weighted by atomic mass is 10.1. The number of rotatable bonds is 4. The maximum Gasteiger partial charge on any atom is 0.319 e. The Balaban J connectivity index is 1.70. The number of aliphatic hydroxyl groups is 1. The molecule has 0 aromatic heterocycles. The molecule has 1 aliphatic carbocycles. The van der Waals surface area contributed by atoms with Gasteiger partial charge in [-0.3, -0.25) is 0 Å². The second-order valence-corrected chi connectivity index (χ2v) is 6.19. The van der Waals surface area contributed by atoms with Gasteiger partial charge in [-0.05, 0) is 44.2 Å². The molecule has 3 atom stereocenters. The van der Waals surface area contributed by atoms with Gasteiger partial charge in [0, 0.05) is 19.1 Å². The summed E-state index contributed by atoms with van der Waals surface area (Å²) < 4.78 is 0. The van der Waals surface area contributed by atoms with E-state index in [1.165, 1.54) is 19.3 Å². The molecule has 3 N–H and O–H groups in total. The van der Waals surface area contributed by atoms with Crippen LogP contribution in [0.25, 0.3) is 0 Å². The molecule has 0 radical (unpaired) electrons. The highest BCUT2D eigenvalue weighted by Gasteiger charge is 2.38. The van der Waals surface area contributed by atoms with Crippen molar-refractivity contribution in [1.82, 2.24) is 5.32 Å². The molecule has 2 amide bonds. The standard InChI is InChI=1S/C16H23N3O2/c1-11(20)9-17-16(21)18-14-4-2-3-5-15(14)19-10-12-6-7-13(19)8-12/h2-5,11-13,20H,6-10H2,1H3,(H2,17,18,21)/t11-,12?,13?/m1/s1. The summed E-state index contributed by atoms with van der Waals surface area (Å²) >= 11 is 0. The Hall–Kier alpha value is -1.75. The summed E-state index contributed by atoms with van der Waals surface area (Å²) in [6.07, 6.45) is 3.34. The molecule has 114 valence electrons. The molecular weight excluding hydrogens is 266 g/mol. The largest absolute Gasteiger partial charge is 0.392 e. The minimum atomic E-state index is -0.541. The maximum atomic E-state index is 11.9. The van der Waals surface area contributed by atoms with E-state index in [0.29, 0.717) is 6.04 Å². The normalized spacial score (nSPS) is 25.0. The van der Waals surface area contributed by atoms with Crippen molar-refractivity contribution in [3.8, 4) is 0 Å². The smallest absolute Gasteiger partial charge is 0.319 e. The number of para-hydroxylation sites is 2. The van der Waals surface area contributed by atoms with Crippen LogP contribution in [0.2, 0.25) is 0 Å². The first-order valence-corrected chi connectivity index (χ1v) is 7.72. The van der Waals surface area contributed by atoms with E-state index in [-0.39, 0.29) is 12.6 Å². The van der Waals surface area contributed by atoms with Crippen molar-refractivity contribution in [3.63, 3.8) is 0 Å². The number of urea groups is 1. The molecule has 5 nitrogen and oxygen atoms in total. The van der Waals surface area contributed by atoms with E-state index in [4.69, 9.17) is 0 Å². The average Bonchev–Trinajstić information content (AvgIpc) is 3.08. The molecule has 2 aliphatic rings. The molecule has 1 heterocycles. The lowest BCUT2D eigenvalue weighted by molar-refractivity contribution is 0.190. The Morgan fingerprint density at radius 1 is 1.43 bits per heavy atom. The molecule has 2 unspecified atom stereocenters. The molecule has 2 fully saturated rings. The van der Waals surface area contributed by atoms with Crippen LogP contribution in [0, 0.1) is 5.92 Å². The van der Waals surface area contributed by atoms with Crippen LogP contribution < -0.4 is 15.5 Å². The van der Waals surface area contributed by atoms with Crippen LogP contribution >= 0.6 is 0 Å². The van der Waals surface area contributed by atoms with Gasteiger partial charge in [-0.15, -0.1) is 0 Å². The number of nitrogens with one attached hydrogen (secondary N) is 2. The van der Waals surface area contributed by atoms with Crippen LogP contribution in [-0.2, 0) is 0 Å². The number of benzene rings is 1. The third-order valence-electron chi connectivity index (χ3n) is 4.43. The Labute approximate surface area is 125 Å². The van der Waals surface area contributed by atoms with Crippen LogP contribution in [0.3, 0.4) is 0 Å². The molecule has 1 aliphatic heterocycles. The van der Waals surface area contributed by atoms with Crippen molar-refractivity contribution < 1.29 is 9.90 Å². The number of piperidine rings is 1. The SMILES string of the molecule is C[C@@H](O)CNC(=O)Nc1ccccc1N1CC2CCC1C2. The fourth-order valence-corrected chi connectivity index (χ4v) is 3.46. The topological polar surface area (TPSA) is 64.6 Å². The second-order valence-electron chi connectivity index (χ2n) is 6.19. The van der Waals surface area contributed by atoms with E-state index in [1.54, 1.807) is 6.92 Å². The van der Waals surface area contributed by atoms with E-state index in [1.807, 2.05) is 18.2 Å². The summed E-state index contributed by atoms with van der Waals surface area (Å²) in [6, 6.07) is 8.31. The van der Waals surface area contributed by atoms with Gasteiger partial charge in [0.05, 0.1) is 17.5 Å². The van der Waals surface area contributed by atoms with Crippen LogP contribution in [0.1, 0.15) is 26.2 Å². The lowest BCUT2D eigenvalue weighted by Crippen LogP contribution is -2.36. The van der Waals surface area contributed by atoms with Gasteiger partial charge in [0.1, 0.15) is 0 Å². The zero-order valence-electron chi connectivity index (χ0n) is 12.4. The number of anilines is 2. The molecule has 1 saturated heterocycles. The molecular formula is C16H23N3O2. The summed E-state index contributed by atoms with van der Waals surface area (Å²) in [5.74, 6) is 0.812. The third kappa shape index (κ3) is 3.13. The van der Waals surface area contributed by atoms with Crippen molar-refractivity contribution in [1.29, 1.82) is 0 Å². The van der Waals surface area contributed by atoms with Crippen molar-refractivity contribution in [3.05, 3.63) is 24.3 Å². The summed E-state index contributed by atoms with van der Waals surface area (Å²) in [5, 5.41) is 14.8. The van der Waals surface area contributed by atoms with Crippen LogP contribution in [0.5, 0.6) is 0 Å². The van der Waals surface area contributed by atoms with E-state index < -0.39 is 6.10 Å². The highest BCUT2D eigenvalue weighted by Crippen LogP contribution is 2.42.